The van der Waals surface area contributed by atoms with Gasteiger partial charge in [0.25, 0.3) is 0 Å². The van der Waals surface area contributed by atoms with Gasteiger partial charge in [0, 0.05) is 5.56 Å². The summed E-state index contributed by atoms with van der Waals surface area (Å²) in [4.78, 5) is 11.9. The molecule has 0 amide bonds. The predicted molar refractivity (Wildman–Crippen MR) is 91.4 cm³/mol. The Balaban J connectivity index is 2.82. The fourth-order valence-corrected chi connectivity index (χ4v) is 2.66. The highest BCUT2D eigenvalue weighted by atomic mass is 16.1. The number of hydrogen-bond acceptors (Lipinski definition) is 1. The van der Waals surface area contributed by atoms with Crippen LogP contribution in [0.3, 0.4) is 0 Å². The van der Waals surface area contributed by atoms with Crippen LogP contribution < -0.4 is 0 Å². The van der Waals surface area contributed by atoms with Crippen LogP contribution >= 0.6 is 0 Å². The lowest BCUT2D eigenvalue weighted by atomic mass is 9.80. The number of rotatable bonds is 1. The maximum atomic E-state index is 11.9. The van der Waals surface area contributed by atoms with E-state index in [0.717, 1.165) is 5.56 Å². The van der Waals surface area contributed by atoms with Gasteiger partial charge in [0.2, 0.25) is 0 Å². The second kappa shape index (κ2) is 4.98. The molecule has 0 aliphatic carbocycles. The summed E-state index contributed by atoms with van der Waals surface area (Å²) in [6.07, 6.45) is 0. The molecule has 112 valence electrons. The Kier molecular flexibility index (Phi) is 3.73. The minimum absolute atomic E-state index is 0.0208. The van der Waals surface area contributed by atoms with E-state index in [1.807, 2.05) is 6.07 Å². The van der Waals surface area contributed by atoms with Gasteiger partial charge in [-0.3, -0.25) is 4.79 Å². The lowest BCUT2D eigenvalue weighted by Crippen LogP contribution is -2.14. The second-order valence-corrected chi connectivity index (χ2v) is 8.02. The molecular formula is C20H26O. The van der Waals surface area contributed by atoms with E-state index < -0.39 is 0 Å². The van der Waals surface area contributed by atoms with Crippen molar-refractivity contribution >= 4 is 16.6 Å². The van der Waals surface area contributed by atoms with E-state index in [1.54, 1.807) is 6.92 Å². The molecule has 2 aromatic carbocycles. The molecule has 0 N–H and O–H groups in total. The van der Waals surface area contributed by atoms with Gasteiger partial charge in [0.05, 0.1) is 0 Å². The smallest absolute Gasteiger partial charge is 0.159 e. The van der Waals surface area contributed by atoms with E-state index in [1.165, 1.54) is 21.9 Å². The Labute approximate surface area is 128 Å². The standard InChI is InChI=1S/C20H26O/c1-13(21)14-10-15-11-16(19(2,3)4)8-9-17(15)18(12-14)20(5,6)7/h8-12H,1-7H3. The summed E-state index contributed by atoms with van der Waals surface area (Å²) in [6.45, 7) is 14.9. The van der Waals surface area contributed by atoms with Gasteiger partial charge in [-0.25, -0.2) is 0 Å². The van der Waals surface area contributed by atoms with Gasteiger partial charge in [-0.15, -0.1) is 0 Å². The molecule has 0 spiro atoms. The number of carbonyl (C=O) groups is 1. The fourth-order valence-electron chi connectivity index (χ4n) is 2.66. The molecule has 0 atom stereocenters. The third kappa shape index (κ3) is 3.18. The van der Waals surface area contributed by atoms with Gasteiger partial charge in [0.15, 0.2) is 5.78 Å². The molecule has 0 aromatic heterocycles. The van der Waals surface area contributed by atoms with Crippen molar-refractivity contribution in [3.63, 3.8) is 0 Å². The molecule has 0 saturated carbocycles. The molecule has 0 aliphatic heterocycles. The summed E-state index contributed by atoms with van der Waals surface area (Å²) >= 11 is 0. The maximum absolute atomic E-state index is 11.9. The summed E-state index contributed by atoms with van der Waals surface area (Å²) in [5, 5.41) is 2.42. The monoisotopic (exact) mass is 282 g/mol. The Bertz CT molecular complexity index is 694. The summed E-state index contributed by atoms with van der Waals surface area (Å²) < 4.78 is 0. The van der Waals surface area contributed by atoms with Crippen molar-refractivity contribution in [1.29, 1.82) is 0 Å². The molecule has 0 saturated heterocycles. The summed E-state index contributed by atoms with van der Waals surface area (Å²) in [5.74, 6) is 0.128. The average molecular weight is 282 g/mol. The molecule has 0 heterocycles. The first-order chi connectivity index (χ1) is 9.50. The zero-order valence-corrected chi connectivity index (χ0v) is 14.3. The van der Waals surface area contributed by atoms with Gasteiger partial charge in [-0.1, -0.05) is 59.7 Å². The van der Waals surface area contributed by atoms with Crippen molar-refractivity contribution in [3.8, 4) is 0 Å². The Morgan fingerprint density at radius 3 is 1.95 bits per heavy atom. The zero-order valence-electron chi connectivity index (χ0n) is 14.3. The molecule has 0 bridgehead atoms. The number of fused-ring (bicyclic) bond motifs is 1. The van der Waals surface area contributed by atoms with Crippen LogP contribution in [0.5, 0.6) is 0 Å². The number of hydrogen-bond donors (Lipinski definition) is 0. The largest absolute Gasteiger partial charge is 0.295 e. The minimum Gasteiger partial charge on any atom is -0.295 e. The normalized spacial score (nSPS) is 12.7. The maximum Gasteiger partial charge on any atom is 0.159 e. The van der Waals surface area contributed by atoms with Crippen molar-refractivity contribution in [1.82, 2.24) is 0 Å². The summed E-state index contributed by atoms with van der Waals surface area (Å²) in [7, 11) is 0. The number of Topliss-reactive ketones (excluding diaryl/α,β-unsaturated/α-hetero) is 1. The minimum atomic E-state index is 0.0208. The molecule has 1 nitrogen and oxygen atoms in total. The van der Waals surface area contributed by atoms with E-state index in [-0.39, 0.29) is 16.6 Å². The summed E-state index contributed by atoms with van der Waals surface area (Å²) in [6, 6.07) is 10.7. The van der Waals surface area contributed by atoms with Crippen molar-refractivity contribution in [2.24, 2.45) is 0 Å². The third-order valence-corrected chi connectivity index (χ3v) is 4.03. The van der Waals surface area contributed by atoms with E-state index in [0.29, 0.717) is 0 Å². The number of ketones is 1. The van der Waals surface area contributed by atoms with Crippen LogP contribution in [-0.2, 0) is 10.8 Å². The van der Waals surface area contributed by atoms with Crippen LogP contribution in [0, 0.1) is 0 Å². The van der Waals surface area contributed by atoms with Crippen LogP contribution in [0.2, 0.25) is 0 Å². The lowest BCUT2D eigenvalue weighted by molar-refractivity contribution is 0.101. The highest BCUT2D eigenvalue weighted by molar-refractivity contribution is 6.00. The predicted octanol–water partition coefficient (Wildman–Crippen LogP) is 5.64. The Hall–Kier alpha value is -1.63. The van der Waals surface area contributed by atoms with Crippen molar-refractivity contribution < 1.29 is 4.79 Å². The van der Waals surface area contributed by atoms with Crippen LogP contribution in [0.15, 0.2) is 30.3 Å². The van der Waals surface area contributed by atoms with Crippen molar-refractivity contribution in [2.75, 3.05) is 0 Å². The topological polar surface area (TPSA) is 17.1 Å². The molecule has 2 rings (SSSR count). The van der Waals surface area contributed by atoms with Gasteiger partial charge in [-0.05, 0) is 51.8 Å². The highest BCUT2D eigenvalue weighted by Crippen LogP contribution is 2.34. The number of carbonyl (C=O) groups excluding carboxylic acids is 1. The van der Waals surface area contributed by atoms with Gasteiger partial charge >= 0.3 is 0 Å². The van der Waals surface area contributed by atoms with E-state index >= 15 is 0 Å². The molecule has 0 unspecified atom stereocenters. The van der Waals surface area contributed by atoms with E-state index in [4.69, 9.17) is 0 Å². The highest BCUT2D eigenvalue weighted by Gasteiger charge is 2.20. The Morgan fingerprint density at radius 2 is 1.48 bits per heavy atom. The van der Waals surface area contributed by atoms with Crippen LogP contribution in [-0.4, -0.2) is 5.78 Å². The van der Waals surface area contributed by atoms with Crippen molar-refractivity contribution in [2.45, 2.75) is 59.3 Å². The van der Waals surface area contributed by atoms with Gasteiger partial charge in [-0.2, -0.15) is 0 Å². The second-order valence-electron chi connectivity index (χ2n) is 8.02. The quantitative estimate of drug-likeness (QED) is 0.619. The van der Waals surface area contributed by atoms with Gasteiger partial charge < -0.3 is 0 Å². The van der Waals surface area contributed by atoms with Crippen molar-refractivity contribution in [3.05, 3.63) is 47.0 Å². The fraction of sp³-hybridized carbons (Fsp3) is 0.450. The first-order valence-corrected chi connectivity index (χ1v) is 7.60. The van der Waals surface area contributed by atoms with E-state index in [9.17, 15) is 4.79 Å². The van der Waals surface area contributed by atoms with Crippen LogP contribution in [0.4, 0.5) is 0 Å². The van der Waals surface area contributed by atoms with Gasteiger partial charge in [0.1, 0.15) is 0 Å². The molecule has 2 aromatic rings. The van der Waals surface area contributed by atoms with Crippen LogP contribution in [0.25, 0.3) is 10.8 Å². The molecular weight excluding hydrogens is 256 g/mol. The zero-order chi connectivity index (χ0) is 16.0. The van der Waals surface area contributed by atoms with Crippen LogP contribution in [0.1, 0.15) is 70.0 Å². The number of benzene rings is 2. The third-order valence-electron chi connectivity index (χ3n) is 4.03. The Morgan fingerprint density at radius 1 is 0.857 bits per heavy atom. The summed E-state index contributed by atoms with van der Waals surface area (Å²) in [5.41, 5.74) is 3.48. The molecule has 0 fully saturated rings. The molecule has 21 heavy (non-hydrogen) atoms. The first-order valence-electron chi connectivity index (χ1n) is 7.60. The molecule has 0 aliphatic rings. The first kappa shape index (κ1) is 15.8. The average Bonchev–Trinajstić information content (AvgIpc) is 2.34. The van der Waals surface area contributed by atoms with E-state index in [2.05, 4.69) is 65.8 Å². The molecule has 1 heteroatoms. The lowest BCUT2D eigenvalue weighted by Gasteiger charge is -2.24. The molecule has 0 radical (unpaired) electrons. The SMILES string of the molecule is CC(=O)c1cc(C(C)(C)C)c2ccc(C(C)(C)C)cc2c1.